The summed E-state index contributed by atoms with van der Waals surface area (Å²) < 4.78 is 18.9. The fourth-order valence-corrected chi connectivity index (χ4v) is 4.16. The Bertz CT molecular complexity index is 964. The van der Waals surface area contributed by atoms with E-state index in [1.54, 1.807) is 6.07 Å². The zero-order chi connectivity index (χ0) is 20.6. The van der Waals surface area contributed by atoms with Gasteiger partial charge in [-0.15, -0.1) is 0 Å². The van der Waals surface area contributed by atoms with Crippen molar-refractivity contribution < 1.29 is 23.5 Å². The van der Waals surface area contributed by atoms with Crippen LogP contribution in [0.15, 0.2) is 48.2 Å². The van der Waals surface area contributed by atoms with Crippen molar-refractivity contribution in [1.82, 2.24) is 4.90 Å². The maximum Gasteiger partial charge on any atom is 0.329 e. The number of nitriles is 1. The third-order valence-corrected chi connectivity index (χ3v) is 5.28. The fourth-order valence-electron chi connectivity index (χ4n) is 4.16. The normalized spacial score (nSPS) is 28.1. The number of Topliss-reactive ketones (excluding diaryl/α,β-unsaturated/α-hetero) is 1. The molecule has 4 atom stereocenters. The predicted molar refractivity (Wildman–Crippen MR) is 95.7 cm³/mol. The molecule has 28 heavy (non-hydrogen) atoms. The molecule has 1 aromatic carbocycles. The number of ketones is 1. The molecule has 7 nitrogen and oxygen atoms in total. The second-order valence-corrected chi connectivity index (χ2v) is 6.76. The Morgan fingerprint density at radius 1 is 1.36 bits per heavy atom. The zero-order valence-electron chi connectivity index (χ0n) is 15.3. The van der Waals surface area contributed by atoms with Gasteiger partial charge >= 0.3 is 5.97 Å². The minimum absolute atomic E-state index is 0.124. The standard InChI is InChI=1S/C20H18FN3O4/c1-11(25)17-16(12-4-3-5-14(21)8-12)20(10-22,19(27)28-2)15-7-6-13(18(23)26)9-24(15)17/h3-9,15-17H,1-2H3,(H2,23,26)/t15-,16-,17-,20+/m0/s1. The van der Waals surface area contributed by atoms with Gasteiger partial charge in [0, 0.05) is 12.1 Å². The van der Waals surface area contributed by atoms with Crippen LogP contribution in [-0.4, -0.2) is 41.8 Å². The number of nitrogens with zero attached hydrogens (tertiary/aromatic N) is 2. The van der Waals surface area contributed by atoms with Crippen LogP contribution in [0.3, 0.4) is 0 Å². The summed E-state index contributed by atoms with van der Waals surface area (Å²) in [6, 6.07) is 5.57. The number of nitrogens with two attached hydrogens (primary N) is 1. The number of hydrogen-bond acceptors (Lipinski definition) is 6. The Kier molecular flexibility index (Phi) is 4.77. The summed E-state index contributed by atoms with van der Waals surface area (Å²) in [6.07, 6.45) is 4.26. The van der Waals surface area contributed by atoms with Crippen molar-refractivity contribution in [3.05, 3.63) is 59.6 Å². The number of methoxy groups -OCH3 is 1. The van der Waals surface area contributed by atoms with Crippen LogP contribution in [0.25, 0.3) is 0 Å². The molecule has 1 fully saturated rings. The molecule has 0 radical (unpaired) electrons. The van der Waals surface area contributed by atoms with E-state index in [9.17, 15) is 24.0 Å². The van der Waals surface area contributed by atoms with Crippen molar-refractivity contribution in [2.24, 2.45) is 11.1 Å². The SMILES string of the molecule is COC(=O)[C@]1(C#N)[C@@H]2C=CC(C(N)=O)=CN2[C@@H](C(C)=O)[C@@H]1c1cccc(F)c1. The second kappa shape index (κ2) is 6.93. The second-order valence-electron chi connectivity index (χ2n) is 6.76. The van der Waals surface area contributed by atoms with E-state index in [1.807, 2.05) is 6.07 Å². The van der Waals surface area contributed by atoms with Crippen molar-refractivity contribution in [2.45, 2.75) is 24.9 Å². The van der Waals surface area contributed by atoms with E-state index in [0.717, 1.165) is 7.11 Å². The highest BCUT2D eigenvalue weighted by atomic mass is 19.1. The number of amides is 1. The molecule has 2 N–H and O–H groups in total. The summed E-state index contributed by atoms with van der Waals surface area (Å²) in [5, 5.41) is 10.1. The van der Waals surface area contributed by atoms with Crippen molar-refractivity contribution in [3.63, 3.8) is 0 Å². The van der Waals surface area contributed by atoms with E-state index in [4.69, 9.17) is 10.5 Å². The molecule has 0 aliphatic carbocycles. The summed E-state index contributed by atoms with van der Waals surface area (Å²) in [5.41, 5.74) is 3.96. The molecule has 2 aliphatic rings. The van der Waals surface area contributed by atoms with Crippen LogP contribution in [0.5, 0.6) is 0 Å². The van der Waals surface area contributed by atoms with Gasteiger partial charge in [-0.25, -0.2) is 4.39 Å². The lowest BCUT2D eigenvalue weighted by Gasteiger charge is -2.32. The fraction of sp³-hybridized carbons (Fsp3) is 0.300. The van der Waals surface area contributed by atoms with E-state index >= 15 is 0 Å². The van der Waals surface area contributed by atoms with Gasteiger partial charge < -0.3 is 15.4 Å². The first kappa shape index (κ1) is 19.3. The van der Waals surface area contributed by atoms with Crippen LogP contribution in [-0.2, 0) is 19.1 Å². The van der Waals surface area contributed by atoms with Crippen LogP contribution in [0, 0.1) is 22.6 Å². The lowest BCUT2D eigenvalue weighted by Crippen LogP contribution is -2.45. The van der Waals surface area contributed by atoms with Gasteiger partial charge in [0.25, 0.3) is 0 Å². The molecular weight excluding hydrogens is 365 g/mol. The van der Waals surface area contributed by atoms with Crippen molar-refractivity contribution in [1.29, 1.82) is 5.26 Å². The Hall–Kier alpha value is -3.47. The molecule has 2 heterocycles. The number of carbonyl (C=O) groups is 3. The minimum atomic E-state index is -1.82. The first-order valence-electron chi connectivity index (χ1n) is 8.50. The van der Waals surface area contributed by atoms with Gasteiger partial charge in [0.1, 0.15) is 5.82 Å². The zero-order valence-corrected chi connectivity index (χ0v) is 15.3. The van der Waals surface area contributed by atoms with Crippen molar-refractivity contribution in [3.8, 4) is 6.07 Å². The topological polar surface area (TPSA) is 113 Å². The van der Waals surface area contributed by atoms with Gasteiger partial charge in [0.2, 0.25) is 5.91 Å². The number of rotatable bonds is 4. The molecular formula is C20H18FN3O4. The van der Waals surface area contributed by atoms with Crippen LogP contribution in [0.1, 0.15) is 18.4 Å². The number of benzene rings is 1. The lowest BCUT2D eigenvalue weighted by molar-refractivity contribution is -0.150. The summed E-state index contributed by atoms with van der Waals surface area (Å²) in [7, 11) is 1.15. The molecule has 144 valence electrons. The Morgan fingerprint density at radius 2 is 2.07 bits per heavy atom. The summed E-state index contributed by atoms with van der Waals surface area (Å²) in [5.74, 6) is -3.49. The number of primary amides is 1. The van der Waals surface area contributed by atoms with E-state index < -0.39 is 41.1 Å². The number of ether oxygens (including phenoxy) is 1. The monoisotopic (exact) mass is 383 g/mol. The van der Waals surface area contributed by atoms with E-state index in [2.05, 4.69) is 0 Å². The molecule has 0 aromatic heterocycles. The van der Waals surface area contributed by atoms with Crippen molar-refractivity contribution >= 4 is 17.7 Å². The largest absolute Gasteiger partial charge is 0.468 e. The van der Waals surface area contributed by atoms with E-state index in [-0.39, 0.29) is 11.4 Å². The molecule has 8 heteroatoms. The van der Waals surface area contributed by atoms with E-state index in [0.29, 0.717) is 5.56 Å². The Labute approximate surface area is 160 Å². The smallest absolute Gasteiger partial charge is 0.329 e. The maximum atomic E-state index is 13.9. The van der Waals surface area contributed by atoms with Gasteiger partial charge in [0.15, 0.2) is 11.2 Å². The highest BCUT2D eigenvalue weighted by molar-refractivity contribution is 5.96. The average Bonchev–Trinajstić information content (AvgIpc) is 2.98. The molecule has 1 amide bonds. The van der Waals surface area contributed by atoms with Gasteiger partial charge in [0.05, 0.1) is 30.8 Å². The Balaban J connectivity index is 2.31. The number of esters is 1. The number of halogens is 1. The molecule has 0 bridgehead atoms. The summed E-state index contributed by atoms with van der Waals surface area (Å²) >= 11 is 0. The van der Waals surface area contributed by atoms with E-state index in [1.165, 1.54) is 48.4 Å². The van der Waals surface area contributed by atoms with Gasteiger partial charge in [-0.05, 0) is 30.7 Å². The number of carbonyl (C=O) groups excluding carboxylic acids is 3. The summed E-state index contributed by atoms with van der Waals surface area (Å²) in [4.78, 5) is 38.5. The first-order chi connectivity index (χ1) is 13.3. The highest BCUT2D eigenvalue weighted by Gasteiger charge is 2.66. The molecule has 0 saturated carbocycles. The highest BCUT2D eigenvalue weighted by Crippen LogP contribution is 2.53. The van der Waals surface area contributed by atoms with Crippen molar-refractivity contribution in [2.75, 3.05) is 7.11 Å². The van der Waals surface area contributed by atoms with Crippen LogP contribution < -0.4 is 5.73 Å². The number of hydrogen-bond donors (Lipinski definition) is 1. The Morgan fingerprint density at radius 3 is 2.61 bits per heavy atom. The third kappa shape index (κ3) is 2.67. The number of fused-ring (bicyclic) bond motifs is 1. The molecule has 3 rings (SSSR count). The van der Waals surface area contributed by atoms with Crippen LogP contribution >= 0.6 is 0 Å². The average molecular weight is 383 g/mol. The predicted octanol–water partition coefficient (Wildman–Crippen LogP) is 1.17. The third-order valence-electron chi connectivity index (χ3n) is 5.28. The van der Waals surface area contributed by atoms with Gasteiger partial charge in [-0.3, -0.25) is 14.4 Å². The van der Waals surface area contributed by atoms with Gasteiger partial charge in [-0.1, -0.05) is 18.2 Å². The molecule has 1 aromatic rings. The molecule has 0 spiro atoms. The lowest BCUT2D eigenvalue weighted by atomic mass is 9.68. The quantitative estimate of drug-likeness (QED) is 0.781. The summed E-state index contributed by atoms with van der Waals surface area (Å²) in [6.45, 7) is 1.31. The van der Waals surface area contributed by atoms with Crippen LogP contribution in [0.2, 0.25) is 0 Å². The van der Waals surface area contributed by atoms with Crippen LogP contribution in [0.4, 0.5) is 4.39 Å². The molecule has 1 saturated heterocycles. The minimum Gasteiger partial charge on any atom is -0.468 e. The maximum absolute atomic E-state index is 13.9. The van der Waals surface area contributed by atoms with Gasteiger partial charge in [-0.2, -0.15) is 5.26 Å². The molecule has 0 unspecified atom stereocenters. The first-order valence-corrected chi connectivity index (χ1v) is 8.50. The molecule has 2 aliphatic heterocycles.